The molecule has 2 aromatic rings. The Kier molecular flexibility index (Phi) is 4.22. The summed E-state index contributed by atoms with van der Waals surface area (Å²) in [5.41, 5.74) is 1.28. The highest BCUT2D eigenvalue weighted by molar-refractivity contribution is 5.17. The van der Waals surface area contributed by atoms with Crippen molar-refractivity contribution in [3.8, 4) is 5.75 Å². The summed E-state index contributed by atoms with van der Waals surface area (Å²) >= 11 is 0. The number of rotatable bonds is 4. The lowest BCUT2D eigenvalue weighted by atomic mass is 10.0. The fourth-order valence-electron chi connectivity index (χ4n) is 3.60. The summed E-state index contributed by atoms with van der Waals surface area (Å²) in [6, 6.07) is 8.44. The van der Waals surface area contributed by atoms with Gasteiger partial charge in [-0.25, -0.2) is 0 Å². The van der Waals surface area contributed by atoms with Gasteiger partial charge >= 0.3 is 0 Å². The van der Waals surface area contributed by atoms with E-state index in [9.17, 15) is 0 Å². The Morgan fingerprint density at radius 2 is 2.09 bits per heavy atom. The van der Waals surface area contributed by atoms with Crippen LogP contribution in [0.4, 0.5) is 0 Å². The van der Waals surface area contributed by atoms with Gasteiger partial charge in [-0.3, -0.25) is 14.9 Å². The maximum absolute atomic E-state index is 6.17. The molecule has 4 rings (SSSR count). The van der Waals surface area contributed by atoms with Gasteiger partial charge in [0, 0.05) is 44.3 Å². The molecule has 5 nitrogen and oxygen atoms in total. The number of fused-ring (bicyclic) bond motifs is 1. The zero-order chi connectivity index (χ0) is 15.5. The second-order valence-electron chi connectivity index (χ2n) is 6.17. The van der Waals surface area contributed by atoms with E-state index in [1.165, 1.54) is 12.0 Å². The summed E-state index contributed by atoms with van der Waals surface area (Å²) in [4.78, 5) is 10.7. The average molecular weight is 311 g/mol. The smallest absolute Gasteiger partial charge is 0.139 e. The highest BCUT2D eigenvalue weighted by Gasteiger charge is 2.45. The predicted molar refractivity (Wildman–Crippen MR) is 86.1 cm³/mol. The van der Waals surface area contributed by atoms with Crippen molar-refractivity contribution in [2.24, 2.45) is 0 Å². The largest absolute Gasteiger partial charge is 0.485 e. The molecule has 2 fully saturated rings. The van der Waals surface area contributed by atoms with Crippen molar-refractivity contribution in [1.82, 2.24) is 14.9 Å². The van der Waals surface area contributed by atoms with E-state index in [1.54, 1.807) is 12.4 Å². The van der Waals surface area contributed by atoms with Crippen LogP contribution in [0.25, 0.3) is 0 Å². The summed E-state index contributed by atoms with van der Waals surface area (Å²) < 4.78 is 12.2. The van der Waals surface area contributed by atoms with E-state index in [4.69, 9.17) is 9.47 Å². The van der Waals surface area contributed by atoms with Crippen molar-refractivity contribution in [2.75, 3.05) is 13.2 Å². The van der Waals surface area contributed by atoms with Crippen molar-refractivity contribution >= 4 is 0 Å². The molecule has 2 aliphatic rings. The van der Waals surface area contributed by atoms with E-state index in [2.05, 4.69) is 27.0 Å². The Hall–Kier alpha value is -1.98. The molecule has 0 aromatic carbocycles. The van der Waals surface area contributed by atoms with Gasteiger partial charge in [-0.15, -0.1) is 0 Å². The topological polar surface area (TPSA) is 47.5 Å². The third-order valence-electron chi connectivity index (χ3n) is 4.64. The van der Waals surface area contributed by atoms with Crippen molar-refractivity contribution in [3.05, 3.63) is 54.6 Å². The molecule has 0 bridgehead atoms. The lowest BCUT2D eigenvalue weighted by molar-refractivity contribution is -0.0472. The molecule has 0 unspecified atom stereocenters. The van der Waals surface area contributed by atoms with Crippen LogP contribution in [0.1, 0.15) is 18.4 Å². The maximum Gasteiger partial charge on any atom is 0.139 e. The Morgan fingerprint density at radius 1 is 1.17 bits per heavy atom. The third-order valence-corrected chi connectivity index (χ3v) is 4.64. The SMILES string of the molecule is c1cncc(O[C@H]2CN(Cc3ccncc3)[C@H]3CCCO[C@H]23)c1. The van der Waals surface area contributed by atoms with Crippen LogP contribution < -0.4 is 4.74 Å². The maximum atomic E-state index is 6.17. The fraction of sp³-hybridized carbons (Fsp3) is 0.444. The van der Waals surface area contributed by atoms with Gasteiger partial charge in [0.2, 0.25) is 0 Å². The Morgan fingerprint density at radius 3 is 2.91 bits per heavy atom. The molecule has 0 radical (unpaired) electrons. The summed E-state index contributed by atoms with van der Waals surface area (Å²) in [5.74, 6) is 0.816. The molecule has 5 heteroatoms. The predicted octanol–water partition coefficient (Wildman–Crippen LogP) is 2.29. The first-order valence-electron chi connectivity index (χ1n) is 8.21. The molecule has 0 amide bonds. The van der Waals surface area contributed by atoms with Crippen LogP contribution in [0.5, 0.6) is 5.75 Å². The Labute approximate surface area is 136 Å². The van der Waals surface area contributed by atoms with Crippen LogP contribution in [-0.2, 0) is 11.3 Å². The van der Waals surface area contributed by atoms with Gasteiger partial charge in [0.15, 0.2) is 0 Å². The first-order chi connectivity index (χ1) is 11.4. The Balaban J connectivity index is 1.50. The molecular weight excluding hydrogens is 290 g/mol. The molecule has 4 heterocycles. The van der Waals surface area contributed by atoms with Crippen LogP contribution >= 0.6 is 0 Å². The molecule has 23 heavy (non-hydrogen) atoms. The van der Waals surface area contributed by atoms with Crippen LogP contribution in [0.15, 0.2) is 49.1 Å². The Bertz CT molecular complexity index is 567. The molecule has 2 saturated heterocycles. The van der Waals surface area contributed by atoms with Crippen molar-refractivity contribution in [2.45, 2.75) is 37.6 Å². The number of aromatic nitrogens is 2. The molecule has 0 spiro atoms. The van der Waals surface area contributed by atoms with Gasteiger partial charge in [0.05, 0.1) is 6.20 Å². The van der Waals surface area contributed by atoms with Gasteiger partial charge in [0.25, 0.3) is 0 Å². The van der Waals surface area contributed by atoms with Gasteiger partial charge in [0.1, 0.15) is 18.0 Å². The number of hydrogen-bond donors (Lipinski definition) is 0. The summed E-state index contributed by atoms with van der Waals surface area (Å²) in [6.07, 6.45) is 9.72. The average Bonchev–Trinajstić information content (AvgIpc) is 2.95. The summed E-state index contributed by atoms with van der Waals surface area (Å²) in [6.45, 7) is 2.63. The quantitative estimate of drug-likeness (QED) is 0.867. The number of likely N-dealkylation sites (tertiary alicyclic amines) is 1. The first-order valence-corrected chi connectivity index (χ1v) is 8.21. The minimum Gasteiger partial charge on any atom is -0.485 e. The van der Waals surface area contributed by atoms with Crippen molar-refractivity contribution in [3.63, 3.8) is 0 Å². The van der Waals surface area contributed by atoms with E-state index >= 15 is 0 Å². The van der Waals surface area contributed by atoms with Crippen LogP contribution in [-0.4, -0.2) is 46.3 Å². The number of pyridine rings is 2. The minimum atomic E-state index is 0.0614. The highest BCUT2D eigenvalue weighted by Crippen LogP contribution is 2.32. The van der Waals surface area contributed by atoms with Crippen LogP contribution in [0.3, 0.4) is 0 Å². The van der Waals surface area contributed by atoms with Gasteiger partial charge in [-0.2, -0.15) is 0 Å². The highest BCUT2D eigenvalue weighted by atomic mass is 16.5. The fourth-order valence-corrected chi connectivity index (χ4v) is 3.60. The van der Waals surface area contributed by atoms with Crippen molar-refractivity contribution < 1.29 is 9.47 Å². The lowest BCUT2D eigenvalue weighted by Crippen LogP contribution is -2.42. The van der Waals surface area contributed by atoms with Crippen LogP contribution in [0, 0.1) is 0 Å². The molecule has 2 aromatic heterocycles. The van der Waals surface area contributed by atoms with E-state index in [1.807, 2.05) is 24.5 Å². The minimum absolute atomic E-state index is 0.0614. The number of hydrogen-bond acceptors (Lipinski definition) is 5. The van der Waals surface area contributed by atoms with Crippen molar-refractivity contribution in [1.29, 1.82) is 0 Å². The lowest BCUT2D eigenvalue weighted by Gasteiger charge is -2.32. The standard InChI is InChI=1S/C18H21N3O2/c1-3-15(11-20-7-1)23-17-13-21(12-14-5-8-19-9-6-14)16-4-2-10-22-18(16)17/h1,3,5-9,11,16-18H,2,4,10,12-13H2/t16-,17-,18-/m0/s1. The molecule has 3 atom stereocenters. The molecule has 0 saturated carbocycles. The summed E-state index contributed by atoms with van der Waals surface area (Å²) in [5, 5.41) is 0. The molecule has 0 aliphatic carbocycles. The molecule has 0 N–H and O–H groups in total. The van der Waals surface area contributed by atoms with E-state index in [-0.39, 0.29) is 12.2 Å². The zero-order valence-electron chi connectivity index (χ0n) is 13.0. The molecular formula is C18H21N3O2. The third kappa shape index (κ3) is 3.21. The van der Waals surface area contributed by atoms with Gasteiger partial charge < -0.3 is 9.47 Å². The molecule has 120 valence electrons. The summed E-state index contributed by atoms with van der Waals surface area (Å²) in [7, 11) is 0. The first kappa shape index (κ1) is 14.6. The molecule has 2 aliphatic heterocycles. The second-order valence-corrected chi connectivity index (χ2v) is 6.17. The van der Waals surface area contributed by atoms with Crippen LogP contribution in [0.2, 0.25) is 0 Å². The monoisotopic (exact) mass is 311 g/mol. The van der Waals surface area contributed by atoms with E-state index < -0.39 is 0 Å². The number of nitrogens with zero attached hydrogens (tertiary/aromatic N) is 3. The normalized spacial score (nSPS) is 27.6. The van der Waals surface area contributed by atoms with Gasteiger partial charge in [-0.1, -0.05) is 0 Å². The number of ether oxygens (including phenoxy) is 2. The van der Waals surface area contributed by atoms with E-state index in [0.717, 1.165) is 31.9 Å². The van der Waals surface area contributed by atoms with Gasteiger partial charge in [-0.05, 0) is 42.7 Å². The zero-order valence-corrected chi connectivity index (χ0v) is 13.0. The second kappa shape index (κ2) is 6.64. The van der Waals surface area contributed by atoms with E-state index in [0.29, 0.717) is 6.04 Å².